The SMILES string of the molecule is Cl.Cl.O=C(C=Cc1cnc(N[C@@H]2CCN(C3(I)CCCCC3)C2)cn1)NO. The molecule has 1 aromatic rings. The Kier molecular flexibility index (Phi) is 10.2. The fourth-order valence-corrected chi connectivity index (χ4v) is 4.76. The number of alkyl halides is 1. The number of aromatic nitrogens is 2. The third-order valence-corrected chi connectivity index (χ3v) is 6.68. The molecule has 10 heteroatoms. The van der Waals surface area contributed by atoms with Crippen molar-refractivity contribution in [1.82, 2.24) is 20.3 Å². The van der Waals surface area contributed by atoms with Crippen molar-refractivity contribution in [3.05, 3.63) is 24.2 Å². The van der Waals surface area contributed by atoms with Crippen LogP contribution in [0.3, 0.4) is 0 Å². The summed E-state index contributed by atoms with van der Waals surface area (Å²) in [4.78, 5) is 22.2. The van der Waals surface area contributed by atoms with Gasteiger partial charge in [0.05, 0.1) is 21.6 Å². The minimum Gasteiger partial charge on any atom is -0.365 e. The molecule has 1 amide bonds. The molecule has 1 saturated carbocycles. The van der Waals surface area contributed by atoms with Crippen molar-refractivity contribution < 1.29 is 10.0 Å². The molecule has 1 aliphatic carbocycles. The number of carbonyl (C=O) groups is 1. The van der Waals surface area contributed by atoms with E-state index in [9.17, 15) is 4.79 Å². The zero-order chi connectivity index (χ0) is 17.7. The number of hydroxylamine groups is 1. The zero-order valence-electron chi connectivity index (χ0n) is 14.9. The number of rotatable bonds is 5. The Morgan fingerprint density at radius 1 is 1.26 bits per heavy atom. The maximum atomic E-state index is 11.0. The van der Waals surface area contributed by atoms with Gasteiger partial charge in [0.15, 0.2) is 0 Å². The lowest BCUT2D eigenvalue weighted by atomic mass is 9.94. The minimum absolute atomic E-state index is 0. The number of anilines is 1. The zero-order valence-corrected chi connectivity index (χ0v) is 18.7. The molecule has 7 nitrogen and oxygen atoms in total. The maximum Gasteiger partial charge on any atom is 0.267 e. The van der Waals surface area contributed by atoms with Crippen LogP contribution in [-0.2, 0) is 4.79 Å². The Balaban J connectivity index is 0.00000182. The summed E-state index contributed by atoms with van der Waals surface area (Å²) in [5.41, 5.74) is 2.10. The Morgan fingerprint density at radius 2 is 2.00 bits per heavy atom. The average Bonchev–Trinajstić information content (AvgIpc) is 3.11. The first-order valence-electron chi connectivity index (χ1n) is 8.74. The van der Waals surface area contributed by atoms with Gasteiger partial charge in [-0.2, -0.15) is 0 Å². The quantitative estimate of drug-likeness (QED) is 0.135. The molecule has 1 aromatic heterocycles. The van der Waals surface area contributed by atoms with Crippen LogP contribution < -0.4 is 10.8 Å². The largest absolute Gasteiger partial charge is 0.365 e. The third-order valence-electron chi connectivity index (χ3n) is 4.91. The second-order valence-corrected chi connectivity index (χ2v) is 8.70. The van der Waals surface area contributed by atoms with Crippen LogP contribution in [0.1, 0.15) is 44.2 Å². The first kappa shape index (κ1) is 24.4. The van der Waals surface area contributed by atoms with Crippen LogP contribution in [0, 0.1) is 0 Å². The lowest BCUT2D eigenvalue weighted by Gasteiger charge is -2.40. The Morgan fingerprint density at radius 3 is 2.63 bits per heavy atom. The van der Waals surface area contributed by atoms with Crippen LogP contribution in [0.2, 0.25) is 0 Å². The Labute approximate surface area is 185 Å². The van der Waals surface area contributed by atoms with Gasteiger partial charge in [-0.3, -0.25) is 19.9 Å². The van der Waals surface area contributed by atoms with Gasteiger partial charge in [0.2, 0.25) is 0 Å². The third kappa shape index (κ3) is 6.70. The first-order valence-corrected chi connectivity index (χ1v) is 9.82. The summed E-state index contributed by atoms with van der Waals surface area (Å²) in [6.45, 7) is 2.17. The highest BCUT2D eigenvalue weighted by Gasteiger charge is 2.39. The molecule has 3 N–H and O–H groups in total. The van der Waals surface area contributed by atoms with Gasteiger partial charge >= 0.3 is 0 Å². The number of halogens is 3. The molecule has 1 atom stereocenters. The van der Waals surface area contributed by atoms with E-state index in [1.807, 2.05) is 0 Å². The normalized spacial score (nSPS) is 21.9. The molecule has 1 saturated heterocycles. The van der Waals surface area contributed by atoms with Gasteiger partial charge in [-0.05, 0) is 25.3 Å². The lowest BCUT2D eigenvalue weighted by molar-refractivity contribution is -0.124. The van der Waals surface area contributed by atoms with Crippen molar-refractivity contribution in [1.29, 1.82) is 0 Å². The van der Waals surface area contributed by atoms with Crippen molar-refractivity contribution in [3.8, 4) is 0 Å². The molecule has 2 aliphatic rings. The van der Waals surface area contributed by atoms with Crippen molar-refractivity contribution >= 4 is 65.2 Å². The van der Waals surface area contributed by atoms with E-state index in [1.54, 1.807) is 12.4 Å². The van der Waals surface area contributed by atoms with Crippen LogP contribution >= 0.6 is 47.4 Å². The predicted octanol–water partition coefficient (Wildman–Crippen LogP) is 3.42. The highest BCUT2D eigenvalue weighted by atomic mass is 127. The number of carbonyl (C=O) groups excluding carboxylic acids is 1. The molecule has 0 aromatic carbocycles. The second-order valence-electron chi connectivity index (χ2n) is 6.69. The monoisotopic (exact) mass is 529 g/mol. The fraction of sp³-hybridized carbons (Fsp3) is 0.588. The molecule has 152 valence electrons. The summed E-state index contributed by atoms with van der Waals surface area (Å²) in [6.07, 6.45) is 13.8. The van der Waals surface area contributed by atoms with Crippen molar-refractivity contribution in [2.24, 2.45) is 0 Å². The lowest BCUT2D eigenvalue weighted by Crippen LogP contribution is -2.44. The van der Waals surface area contributed by atoms with E-state index < -0.39 is 5.91 Å². The fourth-order valence-electron chi connectivity index (χ4n) is 3.56. The van der Waals surface area contributed by atoms with Crippen LogP contribution in [0.4, 0.5) is 5.82 Å². The number of nitrogens with one attached hydrogen (secondary N) is 2. The molecule has 0 unspecified atom stereocenters. The van der Waals surface area contributed by atoms with Gasteiger partial charge in [-0.15, -0.1) is 24.8 Å². The molecular formula is C17H26Cl2IN5O2. The van der Waals surface area contributed by atoms with Gasteiger partial charge in [0.1, 0.15) is 5.82 Å². The van der Waals surface area contributed by atoms with Crippen LogP contribution in [0.25, 0.3) is 6.08 Å². The molecule has 0 bridgehead atoms. The van der Waals surface area contributed by atoms with Crippen LogP contribution in [0.5, 0.6) is 0 Å². The molecule has 2 heterocycles. The predicted molar refractivity (Wildman–Crippen MR) is 119 cm³/mol. The summed E-state index contributed by atoms with van der Waals surface area (Å²) in [7, 11) is 0. The van der Waals surface area contributed by atoms with Crippen molar-refractivity contribution in [2.45, 2.75) is 48.1 Å². The summed E-state index contributed by atoms with van der Waals surface area (Å²) in [6, 6.07) is 0.393. The van der Waals surface area contributed by atoms with Gasteiger partial charge < -0.3 is 5.32 Å². The van der Waals surface area contributed by atoms with E-state index in [4.69, 9.17) is 5.21 Å². The number of likely N-dealkylation sites (tertiary alicyclic amines) is 1. The summed E-state index contributed by atoms with van der Waals surface area (Å²) >= 11 is 2.67. The summed E-state index contributed by atoms with van der Waals surface area (Å²) < 4.78 is 0.333. The topological polar surface area (TPSA) is 90.4 Å². The smallest absolute Gasteiger partial charge is 0.267 e. The van der Waals surface area contributed by atoms with E-state index in [-0.39, 0.29) is 24.8 Å². The number of hydrogen-bond acceptors (Lipinski definition) is 6. The highest BCUT2D eigenvalue weighted by Crippen LogP contribution is 2.41. The van der Waals surface area contributed by atoms with Crippen molar-refractivity contribution in [3.63, 3.8) is 0 Å². The van der Waals surface area contributed by atoms with Crippen LogP contribution in [-0.4, -0.2) is 48.7 Å². The van der Waals surface area contributed by atoms with Crippen molar-refractivity contribution in [2.75, 3.05) is 18.4 Å². The molecular weight excluding hydrogens is 504 g/mol. The Hall–Kier alpha value is -0.680. The highest BCUT2D eigenvalue weighted by molar-refractivity contribution is 14.1. The van der Waals surface area contributed by atoms with E-state index >= 15 is 0 Å². The van der Waals surface area contributed by atoms with E-state index in [0.717, 1.165) is 25.3 Å². The maximum absolute atomic E-state index is 11.0. The molecule has 0 spiro atoms. The minimum atomic E-state index is -0.592. The molecule has 2 fully saturated rings. The number of nitrogens with zero attached hydrogens (tertiary/aromatic N) is 3. The van der Waals surface area contributed by atoms with Gasteiger partial charge in [-0.25, -0.2) is 10.5 Å². The second kappa shape index (κ2) is 11.4. The van der Waals surface area contributed by atoms with Gasteiger partial charge in [0, 0.05) is 25.2 Å². The van der Waals surface area contributed by atoms with E-state index in [0.29, 0.717) is 15.3 Å². The standard InChI is InChI=1S/C17H24IN5O2.2ClH/c18-17(7-2-1-3-8-17)23-9-6-14(12-23)21-15-11-19-13(10-20-15)4-5-16(24)22-25;;/h4-5,10-11,14,25H,1-3,6-9,12H2,(H,20,21)(H,22,24);2*1H/t14-;;/m1../s1. The average molecular weight is 530 g/mol. The van der Waals surface area contributed by atoms with E-state index in [2.05, 4.69) is 42.8 Å². The molecule has 1 aliphatic heterocycles. The van der Waals surface area contributed by atoms with Gasteiger partial charge in [0.25, 0.3) is 5.91 Å². The molecule has 27 heavy (non-hydrogen) atoms. The molecule has 0 radical (unpaired) electrons. The summed E-state index contributed by atoms with van der Waals surface area (Å²) in [5, 5.41) is 11.9. The Bertz CT molecular complexity index is 626. The number of amides is 1. The van der Waals surface area contributed by atoms with Gasteiger partial charge in [-0.1, -0.05) is 41.9 Å². The molecule has 3 rings (SSSR count). The first-order chi connectivity index (χ1) is 12.1. The van der Waals surface area contributed by atoms with Crippen LogP contribution in [0.15, 0.2) is 18.5 Å². The number of hydrogen-bond donors (Lipinski definition) is 3. The van der Waals surface area contributed by atoms with E-state index in [1.165, 1.54) is 49.7 Å². The summed E-state index contributed by atoms with van der Waals surface area (Å²) in [5.74, 6) is 0.159.